The van der Waals surface area contributed by atoms with E-state index in [1.54, 1.807) is 17.1 Å². The zero-order chi connectivity index (χ0) is 19.4. The molecule has 2 aromatic heterocycles. The molecule has 0 saturated heterocycles. The number of halogens is 1. The van der Waals surface area contributed by atoms with Crippen LogP contribution in [0.5, 0.6) is 0 Å². The second kappa shape index (κ2) is 8.35. The van der Waals surface area contributed by atoms with Gasteiger partial charge in [-0.15, -0.1) is 0 Å². The lowest BCUT2D eigenvalue weighted by molar-refractivity contribution is 0.0938. The van der Waals surface area contributed by atoms with Crippen molar-refractivity contribution in [2.45, 2.75) is 39.2 Å². The summed E-state index contributed by atoms with van der Waals surface area (Å²) in [5.74, 6) is 0.695. The summed E-state index contributed by atoms with van der Waals surface area (Å²) in [7, 11) is 0. The second-order valence-corrected chi connectivity index (χ2v) is 7.34. The van der Waals surface area contributed by atoms with Crippen LogP contribution in [0.4, 0.5) is 0 Å². The standard InChI is InChI=1S/C21H23ClN4O/c1-14(2)20-18(13-24-26(20)19-9-4-5-10-23-19)21(27)25-15(3)11-16-7-6-8-17(22)12-16/h4-10,12-15H,11H2,1-3H3,(H,25,27)/t15-/m0/s1. The number of carbonyl (C=O) groups is 1. The SMILES string of the molecule is CC(C)c1c(C(=O)N[C@@H](C)Cc2cccc(Cl)c2)cnn1-c1ccccn1. The van der Waals surface area contributed by atoms with Crippen LogP contribution in [-0.4, -0.2) is 26.7 Å². The fourth-order valence-corrected chi connectivity index (χ4v) is 3.33. The Labute approximate surface area is 164 Å². The first-order chi connectivity index (χ1) is 13.0. The van der Waals surface area contributed by atoms with Crippen LogP contribution in [0.3, 0.4) is 0 Å². The van der Waals surface area contributed by atoms with Crippen molar-refractivity contribution in [1.82, 2.24) is 20.1 Å². The van der Waals surface area contributed by atoms with E-state index in [0.29, 0.717) is 22.8 Å². The van der Waals surface area contributed by atoms with E-state index >= 15 is 0 Å². The van der Waals surface area contributed by atoms with Gasteiger partial charge >= 0.3 is 0 Å². The van der Waals surface area contributed by atoms with Gasteiger partial charge in [0.25, 0.3) is 5.91 Å². The summed E-state index contributed by atoms with van der Waals surface area (Å²) in [6.45, 7) is 6.07. The highest BCUT2D eigenvalue weighted by Crippen LogP contribution is 2.22. The van der Waals surface area contributed by atoms with Crippen LogP contribution in [0.15, 0.2) is 54.9 Å². The number of carbonyl (C=O) groups excluding carboxylic acids is 1. The monoisotopic (exact) mass is 382 g/mol. The van der Waals surface area contributed by atoms with Crippen molar-refractivity contribution >= 4 is 17.5 Å². The van der Waals surface area contributed by atoms with E-state index in [4.69, 9.17) is 11.6 Å². The smallest absolute Gasteiger partial charge is 0.255 e. The van der Waals surface area contributed by atoms with Crippen molar-refractivity contribution in [3.8, 4) is 5.82 Å². The van der Waals surface area contributed by atoms with Gasteiger partial charge in [-0.2, -0.15) is 5.10 Å². The largest absolute Gasteiger partial charge is 0.349 e. The Morgan fingerprint density at radius 1 is 1.19 bits per heavy atom. The van der Waals surface area contributed by atoms with Crippen LogP contribution in [-0.2, 0) is 6.42 Å². The molecule has 1 atom stereocenters. The van der Waals surface area contributed by atoms with E-state index in [-0.39, 0.29) is 17.9 Å². The molecule has 27 heavy (non-hydrogen) atoms. The molecule has 0 saturated carbocycles. The third-order valence-electron chi connectivity index (χ3n) is 4.27. The van der Waals surface area contributed by atoms with Gasteiger partial charge in [0.05, 0.1) is 17.5 Å². The van der Waals surface area contributed by atoms with Gasteiger partial charge in [-0.3, -0.25) is 4.79 Å². The molecule has 0 bridgehead atoms. The summed E-state index contributed by atoms with van der Waals surface area (Å²) in [5, 5.41) is 8.17. The Kier molecular flexibility index (Phi) is 5.91. The fraction of sp³-hybridized carbons (Fsp3) is 0.286. The average molecular weight is 383 g/mol. The molecule has 140 valence electrons. The fourth-order valence-electron chi connectivity index (χ4n) is 3.12. The molecule has 0 aliphatic rings. The van der Waals surface area contributed by atoms with Crippen molar-refractivity contribution in [3.05, 3.63) is 76.7 Å². The molecule has 6 heteroatoms. The Hall–Kier alpha value is -2.66. The Bertz CT molecular complexity index is 921. The number of rotatable bonds is 6. The number of pyridine rings is 1. The molecule has 5 nitrogen and oxygen atoms in total. The summed E-state index contributed by atoms with van der Waals surface area (Å²) < 4.78 is 1.74. The molecule has 0 radical (unpaired) electrons. The number of benzene rings is 1. The van der Waals surface area contributed by atoms with Crippen molar-refractivity contribution in [3.63, 3.8) is 0 Å². The third kappa shape index (κ3) is 4.55. The van der Waals surface area contributed by atoms with Crippen LogP contribution >= 0.6 is 11.6 Å². The van der Waals surface area contributed by atoms with Gasteiger partial charge in [-0.05, 0) is 49.1 Å². The minimum Gasteiger partial charge on any atom is -0.349 e. The number of hydrogen-bond donors (Lipinski definition) is 1. The molecule has 0 aliphatic heterocycles. The van der Waals surface area contributed by atoms with Crippen molar-refractivity contribution in [1.29, 1.82) is 0 Å². The normalized spacial score (nSPS) is 12.2. The number of nitrogens with zero attached hydrogens (tertiary/aromatic N) is 3. The van der Waals surface area contributed by atoms with Gasteiger partial charge in [-0.1, -0.05) is 43.6 Å². The maximum Gasteiger partial charge on any atom is 0.255 e. The predicted octanol–water partition coefficient (Wildman–Crippen LogP) is 4.41. The number of nitrogens with one attached hydrogen (secondary N) is 1. The van der Waals surface area contributed by atoms with E-state index in [0.717, 1.165) is 11.3 Å². The minimum atomic E-state index is -0.129. The molecule has 1 amide bonds. The first-order valence-corrected chi connectivity index (χ1v) is 9.38. The molecule has 0 fully saturated rings. The van der Waals surface area contributed by atoms with Crippen LogP contribution in [0.2, 0.25) is 5.02 Å². The van der Waals surface area contributed by atoms with Gasteiger partial charge in [-0.25, -0.2) is 9.67 Å². The summed E-state index contributed by atoms with van der Waals surface area (Å²) in [6, 6.07) is 13.3. The summed E-state index contributed by atoms with van der Waals surface area (Å²) in [4.78, 5) is 17.2. The molecule has 1 N–H and O–H groups in total. The summed E-state index contributed by atoms with van der Waals surface area (Å²) >= 11 is 6.04. The summed E-state index contributed by atoms with van der Waals surface area (Å²) in [5.41, 5.74) is 2.51. The lowest BCUT2D eigenvalue weighted by atomic mass is 10.0. The first-order valence-electron chi connectivity index (χ1n) is 9.00. The van der Waals surface area contributed by atoms with Crippen LogP contribution < -0.4 is 5.32 Å². The highest BCUT2D eigenvalue weighted by atomic mass is 35.5. The molecular weight excluding hydrogens is 360 g/mol. The predicted molar refractivity (Wildman–Crippen MR) is 108 cm³/mol. The highest BCUT2D eigenvalue weighted by molar-refractivity contribution is 6.30. The quantitative estimate of drug-likeness (QED) is 0.687. The number of amides is 1. The van der Waals surface area contributed by atoms with Crippen molar-refractivity contribution in [2.75, 3.05) is 0 Å². The molecule has 2 heterocycles. The third-order valence-corrected chi connectivity index (χ3v) is 4.51. The lowest BCUT2D eigenvalue weighted by Crippen LogP contribution is -2.34. The van der Waals surface area contributed by atoms with Crippen molar-refractivity contribution < 1.29 is 4.79 Å². The second-order valence-electron chi connectivity index (χ2n) is 6.91. The van der Waals surface area contributed by atoms with E-state index in [1.165, 1.54) is 0 Å². The molecule has 0 aliphatic carbocycles. The van der Waals surface area contributed by atoms with Crippen LogP contribution in [0.25, 0.3) is 5.82 Å². The minimum absolute atomic E-state index is 0.0332. The molecule has 0 unspecified atom stereocenters. The maximum atomic E-state index is 12.9. The van der Waals surface area contributed by atoms with Crippen LogP contribution in [0, 0.1) is 0 Å². The Morgan fingerprint density at radius 3 is 2.67 bits per heavy atom. The number of aromatic nitrogens is 3. The van der Waals surface area contributed by atoms with Gasteiger partial charge in [0.1, 0.15) is 0 Å². The zero-order valence-corrected chi connectivity index (χ0v) is 16.4. The van der Waals surface area contributed by atoms with E-state index < -0.39 is 0 Å². The number of hydrogen-bond acceptors (Lipinski definition) is 3. The Balaban J connectivity index is 1.79. The summed E-state index contributed by atoms with van der Waals surface area (Å²) in [6.07, 6.45) is 4.04. The van der Waals surface area contributed by atoms with Crippen molar-refractivity contribution in [2.24, 2.45) is 0 Å². The van der Waals surface area contributed by atoms with Crippen LogP contribution in [0.1, 0.15) is 48.3 Å². The van der Waals surface area contributed by atoms with Gasteiger partial charge in [0, 0.05) is 17.3 Å². The van der Waals surface area contributed by atoms with E-state index in [1.807, 2.05) is 63.2 Å². The van der Waals surface area contributed by atoms with Gasteiger partial charge in [0.2, 0.25) is 0 Å². The van der Waals surface area contributed by atoms with E-state index in [9.17, 15) is 4.79 Å². The Morgan fingerprint density at radius 2 is 2.00 bits per heavy atom. The van der Waals surface area contributed by atoms with E-state index in [2.05, 4.69) is 15.4 Å². The van der Waals surface area contributed by atoms with Gasteiger partial charge < -0.3 is 5.32 Å². The average Bonchev–Trinajstić information content (AvgIpc) is 3.08. The molecule has 1 aromatic carbocycles. The van der Waals surface area contributed by atoms with Gasteiger partial charge in [0.15, 0.2) is 5.82 Å². The molecule has 3 rings (SSSR count). The zero-order valence-electron chi connectivity index (χ0n) is 15.7. The molecule has 3 aromatic rings. The molecule has 0 spiro atoms. The maximum absolute atomic E-state index is 12.9. The topological polar surface area (TPSA) is 59.8 Å². The lowest BCUT2D eigenvalue weighted by Gasteiger charge is -2.16. The first kappa shape index (κ1) is 19.1. The molecular formula is C21H23ClN4O. The highest BCUT2D eigenvalue weighted by Gasteiger charge is 2.22.